The zero-order valence-corrected chi connectivity index (χ0v) is 14.2. The van der Waals surface area contributed by atoms with Gasteiger partial charge in [0.1, 0.15) is 12.4 Å². The van der Waals surface area contributed by atoms with Gasteiger partial charge in [-0.25, -0.2) is 18.7 Å². The molecule has 0 bridgehead atoms. The summed E-state index contributed by atoms with van der Waals surface area (Å²) in [6.45, 7) is 3.36. The van der Waals surface area contributed by atoms with E-state index < -0.39 is 19.7 Å². The van der Waals surface area contributed by atoms with Crippen LogP contribution in [0, 0.1) is 0 Å². The smallest absolute Gasteiger partial charge is 0.328 e. The number of aryl methyl sites for hydroxylation is 2. The number of unbranched alkanes of at least 4 members (excludes halogenated alkanes) is 1. The topological polar surface area (TPSA) is 83.4 Å². The molecular weight excluding hydrogens is 381 g/mol. The molecule has 0 saturated heterocycles. The van der Waals surface area contributed by atoms with Crippen LogP contribution < -0.4 is 4.57 Å². The molecule has 0 unspecified atom stereocenters. The molecule has 0 aliphatic rings. The number of hydrogen-bond acceptors (Lipinski definition) is 2. The van der Waals surface area contributed by atoms with Crippen molar-refractivity contribution in [2.45, 2.75) is 26.3 Å². The predicted molar refractivity (Wildman–Crippen MR) is 78.5 cm³/mol. The van der Waals surface area contributed by atoms with Crippen LogP contribution in [-0.4, -0.2) is 26.7 Å². The quantitative estimate of drug-likeness (QED) is 0.336. The number of halogens is 6. The molecule has 6 nitrogen and oxygen atoms in total. The Labute approximate surface area is 139 Å². The molecule has 1 heterocycles. The van der Waals surface area contributed by atoms with Crippen molar-refractivity contribution in [2.24, 2.45) is 7.05 Å². The summed E-state index contributed by atoms with van der Waals surface area (Å²) >= 11 is 0. The van der Waals surface area contributed by atoms with Crippen LogP contribution in [0.2, 0.25) is 0 Å². The maximum atomic E-state index is 9.87. The van der Waals surface area contributed by atoms with E-state index in [0.717, 1.165) is 6.54 Å². The van der Waals surface area contributed by atoms with Gasteiger partial charge >= 0.3 is 44.9 Å². The molecule has 1 aromatic rings. The van der Waals surface area contributed by atoms with E-state index in [1.165, 1.54) is 12.8 Å². The van der Waals surface area contributed by atoms with E-state index >= 15 is 0 Å². The first kappa shape index (κ1) is 25.1. The molecule has 0 atom stereocenters. The van der Waals surface area contributed by atoms with Gasteiger partial charge in [0.05, 0.1) is 13.6 Å². The van der Waals surface area contributed by atoms with Crippen molar-refractivity contribution in [3.8, 4) is 0 Å². The third-order valence-electron chi connectivity index (χ3n) is 1.96. The summed E-state index contributed by atoms with van der Waals surface area (Å²) in [6, 6.07) is 0. The number of imidazole rings is 1. The second kappa shape index (κ2) is 8.84. The molecule has 13 heteroatoms. The first-order valence-corrected chi connectivity index (χ1v) is 8.65. The summed E-state index contributed by atoms with van der Waals surface area (Å²) in [7, 11) is -8.61. The van der Waals surface area contributed by atoms with Gasteiger partial charge in [-0.15, -0.1) is 0 Å². The van der Waals surface area contributed by atoms with Gasteiger partial charge in [0.2, 0.25) is 6.33 Å². The molecule has 148 valence electrons. The van der Waals surface area contributed by atoms with Crippen LogP contribution in [0.15, 0.2) is 30.9 Å². The maximum Gasteiger partial charge on any atom is 0.328 e. The zero-order chi connectivity index (χ0) is 20.4. The normalized spacial score (nSPS) is 13.6. The number of rotatable bonds is 5. The largest absolute Gasteiger partial charge is 0.478 e. The van der Waals surface area contributed by atoms with Crippen molar-refractivity contribution in [2.75, 3.05) is 0 Å². The number of aliphatic carboxylic acids is 2. The maximum absolute atomic E-state index is 10.7. The van der Waals surface area contributed by atoms with E-state index in [0.29, 0.717) is 12.2 Å². The first-order valence-electron chi connectivity index (χ1n) is 6.62. The molecule has 0 fully saturated rings. The second-order valence-corrected chi connectivity index (χ2v) is 6.56. The number of hydrogen-bond donors (Lipinski definition) is 2. The Morgan fingerprint density at radius 2 is 1.48 bits per heavy atom. The van der Waals surface area contributed by atoms with Gasteiger partial charge in [0, 0.05) is 12.2 Å². The Morgan fingerprint density at radius 3 is 1.72 bits per heavy atom. The van der Waals surface area contributed by atoms with Gasteiger partial charge in [-0.05, 0) is 6.42 Å². The Kier molecular flexibility index (Phi) is 8.89. The molecule has 0 spiro atoms. The molecule has 1 rings (SSSR count). The van der Waals surface area contributed by atoms with Crippen molar-refractivity contribution in [3.05, 3.63) is 30.9 Å². The monoisotopic (exact) mass is 400 g/mol. The molecule has 0 aromatic carbocycles. The first-order chi connectivity index (χ1) is 10.9. The third kappa shape index (κ3) is 34.3. The van der Waals surface area contributed by atoms with Crippen molar-refractivity contribution < 1.29 is 49.6 Å². The van der Waals surface area contributed by atoms with E-state index in [-0.39, 0.29) is 0 Å². The summed E-state index contributed by atoms with van der Waals surface area (Å²) in [5.74, 6) is -2.51. The molecule has 1 aromatic heterocycles. The minimum atomic E-state index is -10.7. The van der Waals surface area contributed by atoms with Crippen LogP contribution in [-0.2, 0) is 23.2 Å². The Balaban J connectivity index is 0. The summed E-state index contributed by atoms with van der Waals surface area (Å²) in [6.07, 6.45) is 9.93. The van der Waals surface area contributed by atoms with Crippen LogP contribution in [0.1, 0.15) is 19.8 Å². The fraction of sp³-hybridized carbons (Fsp3) is 0.417. The van der Waals surface area contributed by atoms with Gasteiger partial charge in [0.15, 0.2) is 0 Å². The van der Waals surface area contributed by atoms with Crippen molar-refractivity contribution in [3.63, 3.8) is 0 Å². The third-order valence-corrected chi connectivity index (χ3v) is 1.96. The van der Waals surface area contributed by atoms with Crippen molar-refractivity contribution >= 4 is 19.7 Å². The number of carboxylic acid groups (broad SMARTS) is 2. The van der Waals surface area contributed by atoms with Gasteiger partial charge in [0.25, 0.3) is 0 Å². The van der Waals surface area contributed by atoms with Gasteiger partial charge in [-0.2, -0.15) is 0 Å². The van der Waals surface area contributed by atoms with Crippen molar-refractivity contribution in [1.29, 1.82) is 0 Å². The molecule has 0 aliphatic heterocycles. The second-order valence-electron chi connectivity index (χ2n) is 4.64. The summed E-state index contributed by atoms with van der Waals surface area (Å²) < 4.78 is 63.5. The minimum Gasteiger partial charge on any atom is -0.478 e. The Morgan fingerprint density at radius 1 is 1.08 bits per heavy atom. The van der Waals surface area contributed by atoms with Crippen LogP contribution >= 0.6 is 7.81 Å². The van der Waals surface area contributed by atoms with Crippen LogP contribution in [0.25, 0.3) is 0 Å². The zero-order valence-electron chi connectivity index (χ0n) is 13.3. The molecule has 2 N–H and O–H groups in total. The van der Waals surface area contributed by atoms with Crippen molar-refractivity contribution in [1.82, 2.24) is 4.57 Å². The molecule has 0 radical (unpaired) electrons. The summed E-state index contributed by atoms with van der Waals surface area (Å²) in [4.78, 5) is 19.1. The van der Waals surface area contributed by atoms with E-state index in [4.69, 9.17) is 10.2 Å². The average molecular weight is 400 g/mol. The average Bonchev–Trinajstić information content (AvgIpc) is 2.77. The van der Waals surface area contributed by atoms with Crippen LogP contribution in [0.4, 0.5) is 25.2 Å². The molecule has 0 amide bonds. The molecule has 0 saturated carbocycles. The standard InChI is InChI=1S/C8H15N2.C4H4O4.F6P/c1-3-4-5-10-7-6-9(2)8-10;5-3(6)1-2-4(7)8;1-7(2,3,4,5)6/h6-8H,3-5H2,1-2H3;1-2H,(H,5,6)(H,7,8);/q+1;;-1/b;2-1-;. The summed E-state index contributed by atoms with van der Waals surface area (Å²) in [5, 5.41) is 15.6. The number of aromatic nitrogens is 2. The number of carboxylic acids is 2. The Hall–Kier alpha value is -2.10. The van der Waals surface area contributed by atoms with E-state index in [2.05, 4.69) is 34.8 Å². The fourth-order valence-corrected chi connectivity index (χ4v) is 1.12. The summed E-state index contributed by atoms with van der Waals surface area (Å²) in [5.41, 5.74) is 0. The van der Waals surface area contributed by atoms with E-state index in [1.54, 1.807) is 0 Å². The number of carbonyl (C=O) groups is 2. The molecular formula is C12H19F6N2O4P. The fourth-order valence-electron chi connectivity index (χ4n) is 1.12. The number of nitrogens with zero attached hydrogens (tertiary/aromatic N) is 2. The SMILES string of the molecule is CCCCn1cc[n+](C)c1.F[P-](F)(F)(F)(F)F.O=C(O)/C=C\C(=O)O. The predicted octanol–water partition coefficient (Wildman–Crippen LogP) is 4.21. The molecule has 0 aliphatic carbocycles. The van der Waals surface area contributed by atoms with Gasteiger partial charge in [-0.3, -0.25) is 0 Å². The van der Waals surface area contributed by atoms with E-state index in [9.17, 15) is 34.8 Å². The van der Waals surface area contributed by atoms with Crippen LogP contribution in [0.5, 0.6) is 0 Å². The van der Waals surface area contributed by atoms with Gasteiger partial charge in [-0.1, -0.05) is 13.3 Å². The Bertz CT molecular complexity index is 570. The minimum absolute atomic E-state index is 0.558. The molecule has 25 heavy (non-hydrogen) atoms. The van der Waals surface area contributed by atoms with Crippen LogP contribution in [0.3, 0.4) is 0 Å². The van der Waals surface area contributed by atoms with E-state index in [1.807, 2.05) is 7.05 Å². The van der Waals surface area contributed by atoms with Gasteiger partial charge < -0.3 is 10.2 Å².